The summed E-state index contributed by atoms with van der Waals surface area (Å²) in [5, 5.41) is 1.10. The van der Waals surface area contributed by atoms with Gasteiger partial charge >= 0.3 is 0 Å². The number of benzene rings is 1. The molecule has 0 saturated heterocycles. The van der Waals surface area contributed by atoms with Crippen molar-refractivity contribution < 1.29 is 9.53 Å². The van der Waals surface area contributed by atoms with Crippen molar-refractivity contribution in [3.8, 4) is 0 Å². The average molecular weight is 305 g/mol. The van der Waals surface area contributed by atoms with E-state index in [4.69, 9.17) is 16.3 Å². The minimum Gasteiger partial charge on any atom is -0.383 e. The first-order chi connectivity index (χ1) is 10.2. The summed E-state index contributed by atoms with van der Waals surface area (Å²) in [7, 11) is 1.61. The zero-order valence-electron chi connectivity index (χ0n) is 11.9. The molecule has 4 nitrogen and oxygen atoms in total. The van der Waals surface area contributed by atoms with Gasteiger partial charge in [0.15, 0.2) is 0 Å². The van der Waals surface area contributed by atoms with Gasteiger partial charge in [0.05, 0.1) is 17.7 Å². The van der Waals surface area contributed by atoms with Gasteiger partial charge in [-0.05, 0) is 12.1 Å². The maximum Gasteiger partial charge on any atom is 0.255 e. The van der Waals surface area contributed by atoms with Crippen LogP contribution in [-0.2, 0) is 4.74 Å². The third-order valence-corrected chi connectivity index (χ3v) is 3.31. The Labute approximate surface area is 129 Å². The number of nitrogens with zero attached hydrogens (tertiary/aromatic N) is 2. The van der Waals surface area contributed by atoms with Crippen molar-refractivity contribution in [1.29, 1.82) is 0 Å². The number of amides is 1. The van der Waals surface area contributed by atoms with Crippen LogP contribution >= 0.6 is 11.6 Å². The summed E-state index contributed by atoms with van der Waals surface area (Å²) in [6.45, 7) is 5.11. The largest absolute Gasteiger partial charge is 0.383 e. The zero-order chi connectivity index (χ0) is 15.2. The molecule has 0 bridgehead atoms. The maximum atomic E-state index is 12.7. The van der Waals surface area contributed by atoms with E-state index in [2.05, 4.69) is 11.6 Å². The monoisotopic (exact) mass is 304 g/mol. The molecule has 5 heteroatoms. The molecule has 110 valence electrons. The molecule has 0 radical (unpaired) electrons. The van der Waals surface area contributed by atoms with E-state index in [0.717, 1.165) is 5.39 Å². The van der Waals surface area contributed by atoms with Crippen LogP contribution in [0.5, 0.6) is 0 Å². The number of hydrogen-bond donors (Lipinski definition) is 0. The van der Waals surface area contributed by atoms with Gasteiger partial charge in [-0.3, -0.25) is 4.79 Å². The lowest BCUT2D eigenvalue weighted by molar-refractivity contribution is 0.0720. The van der Waals surface area contributed by atoms with E-state index in [0.29, 0.717) is 35.9 Å². The standard InChI is InChI=1S/C16H17ClN2O2/c1-3-8-19(9-10-21-2)16(20)13-11-15(17)18-14-7-5-4-6-12(13)14/h3-7,11H,1,8-10H2,2H3. The van der Waals surface area contributed by atoms with Crippen LogP contribution in [-0.4, -0.2) is 42.6 Å². The molecule has 1 aromatic carbocycles. The van der Waals surface area contributed by atoms with Gasteiger partial charge in [-0.1, -0.05) is 35.9 Å². The van der Waals surface area contributed by atoms with Gasteiger partial charge in [-0.2, -0.15) is 0 Å². The minimum atomic E-state index is -0.104. The minimum absolute atomic E-state index is 0.104. The second-order valence-corrected chi connectivity index (χ2v) is 4.93. The molecule has 0 N–H and O–H groups in total. The number of carbonyl (C=O) groups is 1. The molecular weight excluding hydrogens is 288 g/mol. The normalized spacial score (nSPS) is 10.6. The van der Waals surface area contributed by atoms with Crippen molar-refractivity contribution in [3.05, 3.63) is 53.7 Å². The van der Waals surface area contributed by atoms with Gasteiger partial charge in [0, 0.05) is 25.6 Å². The Kier molecular flexibility index (Phi) is 5.31. The first-order valence-corrected chi connectivity index (χ1v) is 6.99. The summed E-state index contributed by atoms with van der Waals surface area (Å²) < 4.78 is 5.05. The summed E-state index contributed by atoms with van der Waals surface area (Å²) >= 11 is 6.03. The van der Waals surface area contributed by atoms with E-state index in [-0.39, 0.29) is 5.91 Å². The van der Waals surface area contributed by atoms with Crippen molar-refractivity contribution in [1.82, 2.24) is 9.88 Å². The number of hydrogen-bond acceptors (Lipinski definition) is 3. The summed E-state index contributed by atoms with van der Waals surface area (Å²) in [6, 6.07) is 9.06. The Morgan fingerprint density at radius 3 is 2.95 bits per heavy atom. The molecule has 1 heterocycles. The van der Waals surface area contributed by atoms with Crippen LogP contribution in [0.4, 0.5) is 0 Å². The molecule has 1 aromatic heterocycles. The number of rotatable bonds is 6. The third-order valence-electron chi connectivity index (χ3n) is 3.12. The highest BCUT2D eigenvalue weighted by molar-refractivity contribution is 6.30. The molecular formula is C16H17ClN2O2. The number of para-hydroxylation sites is 1. The van der Waals surface area contributed by atoms with E-state index in [1.807, 2.05) is 24.3 Å². The van der Waals surface area contributed by atoms with E-state index < -0.39 is 0 Å². The zero-order valence-corrected chi connectivity index (χ0v) is 12.6. The topological polar surface area (TPSA) is 42.4 Å². The Morgan fingerprint density at radius 1 is 1.48 bits per heavy atom. The van der Waals surface area contributed by atoms with Gasteiger partial charge in [0.25, 0.3) is 5.91 Å². The lowest BCUT2D eigenvalue weighted by atomic mass is 10.1. The lowest BCUT2D eigenvalue weighted by Crippen LogP contribution is -2.34. The molecule has 2 aromatic rings. The highest BCUT2D eigenvalue weighted by Crippen LogP contribution is 2.22. The van der Waals surface area contributed by atoms with Crippen molar-refractivity contribution in [3.63, 3.8) is 0 Å². The highest BCUT2D eigenvalue weighted by Gasteiger charge is 2.18. The number of methoxy groups -OCH3 is 1. The summed E-state index contributed by atoms with van der Waals surface area (Å²) in [5.74, 6) is -0.104. The Hall–Kier alpha value is -1.91. The van der Waals surface area contributed by atoms with Gasteiger partial charge in [0.2, 0.25) is 0 Å². The molecule has 1 amide bonds. The van der Waals surface area contributed by atoms with Gasteiger partial charge < -0.3 is 9.64 Å². The number of carbonyl (C=O) groups excluding carboxylic acids is 1. The first kappa shape index (κ1) is 15.5. The Balaban J connectivity index is 2.43. The maximum absolute atomic E-state index is 12.7. The van der Waals surface area contributed by atoms with Crippen LogP contribution < -0.4 is 0 Å². The number of ether oxygens (including phenoxy) is 1. The van der Waals surface area contributed by atoms with Crippen molar-refractivity contribution in [2.24, 2.45) is 0 Å². The van der Waals surface area contributed by atoms with Crippen LogP contribution in [0.15, 0.2) is 43.0 Å². The number of halogens is 1. The molecule has 0 aliphatic heterocycles. The van der Waals surface area contributed by atoms with Gasteiger partial charge in [-0.25, -0.2) is 4.98 Å². The van der Waals surface area contributed by atoms with Crippen LogP contribution in [0.1, 0.15) is 10.4 Å². The Bertz CT molecular complexity index is 658. The number of aromatic nitrogens is 1. The molecule has 0 aliphatic rings. The first-order valence-electron chi connectivity index (χ1n) is 6.61. The predicted octanol–water partition coefficient (Wildman–Crippen LogP) is 3.16. The molecule has 0 saturated carbocycles. The van der Waals surface area contributed by atoms with Crippen LogP contribution in [0, 0.1) is 0 Å². The third kappa shape index (κ3) is 3.60. The molecule has 0 atom stereocenters. The fourth-order valence-corrected chi connectivity index (χ4v) is 2.32. The fraction of sp³-hybridized carbons (Fsp3) is 0.250. The van der Waals surface area contributed by atoms with E-state index in [1.165, 1.54) is 0 Å². The Morgan fingerprint density at radius 2 is 2.24 bits per heavy atom. The SMILES string of the molecule is C=CCN(CCOC)C(=O)c1cc(Cl)nc2ccccc12. The molecule has 0 unspecified atom stereocenters. The molecule has 2 rings (SSSR count). The van der Waals surface area contributed by atoms with Crippen molar-refractivity contribution >= 4 is 28.4 Å². The number of fused-ring (bicyclic) bond motifs is 1. The summed E-state index contributed by atoms with van der Waals surface area (Å²) in [4.78, 5) is 18.7. The van der Waals surface area contributed by atoms with Gasteiger partial charge in [-0.15, -0.1) is 6.58 Å². The summed E-state index contributed by atoms with van der Waals surface area (Å²) in [6.07, 6.45) is 1.69. The fourth-order valence-electron chi connectivity index (χ4n) is 2.12. The molecule has 21 heavy (non-hydrogen) atoms. The van der Waals surface area contributed by atoms with E-state index in [9.17, 15) is 4.79 Å². The van der Waals surface area contributed by atoms with Crippen LogP contribution in [0.25, 0.3) is 10.9 Å². The van der Waals surface area contributed by atoms with Crippen molar-refractivity contribution in [2.75, 3.05) is 26.8 Å². The quantitative estimate of drug-likeness (QED) is 0.608. The van der Waals surface area contributed by atoms with Crippen LogP contribution in [0.3, 0.4) is 0 Å². The molecule has 0 fully saturated rings. The average Bonchev–Trinajstić information content (AvgIpc) is 2.50. The molecule has 0 aliphatic carbocycles. The van der Waals surface area contributed by atoms with E-state index >= 15 is 0 Å². The van der Waals surface area contributed by atoms with Crippen molar-refractivity contribution in [2.45, 2.75) is 0 Å². The predicted molar refractivity (Wildman–Crippen MR) is 84.7 cm³/mol. The second-order valence-electron chi connectivity index (χ2n) is 4.54. The molecule has 0 spiro atoms. The highest BCUT2D eigenvalue weighted by atomic mass is 35.5. The summed E-state index contributed by atoms with van der Waals surface area (Å²) in [5.41, 5.74) is 1.25. The second kappa shape index (κ2) is 7.20. The lowest BCUT2D eigenvalue weighted by Gasteiger charge is -2.21. The number of pyridine rings is 1. The van der Waals surface area contributed by atoms with E-state index in [1.54, 1.807) is 24.2 Å². The smallest absolute Gasteiger partial charge is 0.255 e. The van der Waals surface area contributed by atoms with Crippen LogP contribution in [0.2, 0.25) is 5.15 Å². The van der Waals surface area contributed by atoms with Gasteiger partial charge in [0.1, 0.15) is 5.15 Å².